The van der Waals surface area contributed by atoms with E-state index in [9.17, 15) is 19.0 Å². The van der Waals surface area contributed by atoms with Crippen LogP contribution in [0.3, 0.4) is 0 Å². The first kappa shape index (κ1) is 52.2. The molecule has 2 atom stereocenters. The summed E-state index contributed by atoms with van der Waals surface area (Å²) in [5.74, 6) is -0.919. The number of unbranched alkanes of at least 4 members (excludes halogenated alkanes) is 11. The van der Waals surface area contributed by atoms with Crippen molar-refractivity contribution >= 4 is 19.8 Å². The van der Waals surface area contributed by atoms with E-state index in [0.717, 1.165) is 70.6 Å². The Bertz CT molecular complexity index is 1170. The highest BCUT2D eigenvalue weighted by Gasteiger charge is 2.25. The Labute approximate surface area is 334 Å². The second-order valence-electron chi connectivity index (χ2n) is 13.5. The van der Waals surface area contributed by atoms with Crippen LogP contribution in [0.25, 0.3) is 0 Å². The van der Waals surface area contributed by atoms with Gasteiger partial charge in [0.15, 0.2) is 6.10 Å². The molecule has 0 aliphatic carbocycles. The van der Waals surface area contributed by atoms with E-state index in [-0.39, 0.29) is 32.6 Å². The zero-order valence-electron chi connectivity index (χ0n) is 34.4. The topological polar surface area (TPSA) is 134 Å². The normalized spacial score (nSPS) is 14.2. The molecule has 0 spiro atoms. The molecule has 10 heteroatoms. The number of carbonyl (C=O) groups excluding carboxylic acids is 2. The van der Waals surface area contributed by atoms with E-state index in [2.05, 4.69) is 98.9 Å². The molecular weight excluding hydrogens is 713 g/mol. The number of phosphoric acid groups is 1. The molecule has 1 unspecified atom stereocenters. The maximum atomic E-state index is 12.6. The van der Waals surface area contributed by atoms with Crippen LogP contribution in [0.1, 0.15) is 155 Å². The first-order chi connectivity index (χ1) is 26.8. The molecule has 0 aromatic carbocycles. The fraction of sp³-hybridized carbons (Fsp3) is 0.644. The van der Waals surface area contributed by atoms with E-state index in [1.807, 2.05) is 0 Å². The summed E-state index contributed by atoms with van der Waals surface area (Å²) < 4.78 is 32.7. The molecule has 314 valence electrons. The second-order valence-corrected chi connectivity index (χ2v) is 14.9. The van der Waals surface area contributed by atoms with Crippen molar-refractivity contribution in [2.24, 2.45) is 5.73 Å². The van der Waals surface area contributed by atoms with Crippen LogP contribution < -0.4 is 5.73 Å². The standard InChI is InChI=1S/C45H76NO8P/c1-3-5-7-9-11-13-15-17-19-20-21-22-24-26-28-30-32-34-36-38-45(48)54-43(42-53-55(49,50)52-40-39-46)41-51-44(47)37-35-33-31-29-27-25-23-18-16-14-12-10-8-6-4-2/h11-14,17-19,21-23,26-29,43H,3-10,15-16,20,24-25,30-42,46H2,1-2H3,(H,49,50)/b13-11-,14-12-,19-17-,22-21-,23-18-,28-26-,29-27-/t43-/m1/s1. The van der Waals surface area contributed by atoms with Gasteiger partial charge in [-0.2, -0.15) is 0 Å². The van der Waals surface area contributed by atoms with Gasteiger partial charge >= 0.3 is 19.8 Å². The highest BCUT2D eigenvalue weighted by molar-refractivity contribution is 7.47. The Kier molecular flexibility index (Phi) is 38.8. The van der Waals surface area contributed by atoms with Gasteiger partial charge in [0, 0.05) is 19.4 Å². The van der Waals surface area contributed by atoms with E-state index < -0.39 is 32.5 Å². The fourth-order valence-electron chi connectivity index (χ4n) is 5.09. The molecule has 0 aromatic rings. The van der Waals surface area contributed by atoms with E-state index in [1.54, 1.807) is 0 Å². The third-order valence-corrected chi connectivity index (χ3v) is 9.24. The summed E-state index contributed by atoms with van der Waals surface area (Å²) >= 11 is 0. The lowest BCUT2D eigenvalue weighted by molar-refractivity contribution is -0.161. The van der Waals surface area contributed by atoms with Crippen molar-refractivity contribution in [3.63, 3.8) is 0 Å². The predicted molar refractivity (Wildman–Crippen MR) is 229 cm³/mol. The van der Waals surface area contributed by atoms with Crippen molar-refractivity contribution in [2.45, 2.75) is 161 Å². The lowest BCUT2D eigenvalue weighted by Crippen LogP contribution is -2.29. The molecular formula is C45H76NO8P. The summed E-state index contributed by atoms with van der Waals surface area (Å²) in [6.07, 6.45) is 50.4. The summed E-state index contributed by atoms with van der Waals surface area (Å²) in [7, 11) is -4.40. The zero-order chi connectivity index (χ0) is 40.3. The lowest BCUT2D eigenvalue weighted by Gasteiger charge is -2.19. The molecule has 0 heterocycles. The number of hydrogen-bond acceptors (Lipinski definition) is 8. The monoisotopic (exact) mass is 790 g/mol. The molecule has 0 fully saturated rings. The molecule has 0 aromatic heterocycles. The largest absolute Gasteiger partial charge is 0.472 e. The third-order valence-electron chi connectivity index (χ3n) is 8.25. The first-order valence-electron chi connectivity index (χ1n) is 21.1. The Morgan fingerprint density at radius 1 is 0.545 bits per heavy atom. The van der Waals surface area contributed by atoms with Crippen LogP contribution in [-0.4, -0.2) is 49.3 Å². The number of phosphoric ester groups is 1. The van der Waals surface area contributed by atoms with Gasteiger partial charge in [-0.3, -0.25) is 18.6 Å². The van der Waals surface area contributed by atoms with Crippen molar-refractivity contribution < 1.29 is 37.6 Å². The minimum Gasteiger partial charge on any atom is -0.462 e. The minimum atomic E-state index is -4.40. The molecule has 9 nitrogen and oxygen atoms in total. The minimum absolute atomic E-state index is 0.0380. The Balaban J connectivity index is 4.33. The highest BCUT2D eigenvalue weighted by atomic mass is 31.2. The van der Waals surface area contributed by atoms with Crippen molar-refractivity contribution in [3.8, 4) is 0 Å². The number of allylic oxidation sites excluding steroid dienone is 14. The van der Waals surface area contributed by atoms with E-state index >= 15 is 0 Å². The Hall–Kier alpha value is -2.81. The van der Waals surface area contributed by atoms with Crippen LogP contribution in [0.15, 0.2) is 85.1 Å². The molecule has 0 amide bonds. The average molecular weight is 790 g/mol. The lowest BCUT2D eigenvalue weighted by atomic mass is 10.1. The summed E-state index contributed by atoms with van der Waals surface area (Å²) in [6, 6.07) is 0. The number of nitrogens with two attached hydrogens (primary N) is 1. The number of rotatable bonds is 38. The average Bonchev–Trinajstić information content (AvgIpc) is 3.17. The van der Waals surface area contributed by atoms with Crippen LogP contribution in [0.4, 0.5) is 0 Å². The number of esters is 2. The van der Waals surface area contributed by atoms with Gasteiger partial charge in [0.05, 0.1) is 13.2 Å². The molecule has 0 saturated carbocycles. The van der Waals surface area contributed by atoms with Gasteiger partial charge in [0.1, 0.15) is 6.61 Å². The van der Waals surface area contributed by atoms with Crippen LogP contribution in [0.2, 0.25) is 0 Å². The number of ether oxygens (including phenoxy) is 2. The van der Waals surface area contributed by atoms with Gasteiger partial charge in [0.2, 0.25) is 0 Å². The molecule has 55 heavy (non-hydrogen) atoms. The molecule has 0 radical (unpaired) electrons. The predicted octanol–water partition coefficient (Wildman–Crippen LogP) is 12.0. The van der Waals surface area contributed by atoms with Crippen LogP contribution in [0.5, 0.6) is 0 Å². The van der Waals surface area contributed by atoms with Gasteiger partial charge in [-0.15, -0.1) is 0 Å². The van der Waals surface area contributed by atoms with E-state index in [0.29, 0.717) is 12.8 Å². The van der Waals surface area contributed by atoms with Crippen molar-refractivity contribution in [1.82, 2.24) is 0 Å². The Morgan fingerprint density at radius 2 is 0.945 bits per heavy atom. The zero-order valence-corrected chi connectivity index (χ0v) is 35.3. The van der Waals surface area contributed by atoms with Crippen LogP contribution in [-0.2, 0) is 32.7 Å². The van der Waals surface area contributed by atoms with Gasteiger partial charge in [-0.1, -0.05) is 131 Å². The van der Waals surface area contributed by atoms with Gasteiger partial charge in [-0.05, 0) is 96.3 Å². The highest BCUT2D eigenvalue weighted by Crippen LogP contribution is 2.43. The van der Waals surface area contributed by atoms with Crippen LogP contribution >= 0.6 is 7.82 Å². The van der Waals surface area contributed by atoms with Gasteiger partial charge in [-0.25, -0.2) is 4.57 Å². The summed E-state index contributed by atoms with van der Waals surface area (Å²) in [4.78, 5) is 34.8. The molecule has 0 bridgehead atoms. The molecule has 0 rings (SSSR count). The number of hydrogen-bond donors (Lipinski definition) is 2. The van der Waals surface area contributed by atoms with Crippen molar-refractivity contribution in [3.05, 3.63) is 85.1 Å². The van der Waals surface area contributed by atoms with Crippen molar-refractivity contribution in [2.75, 3.05) is 26.4 Å². The summed E-state index contributed by atoms with van der Waals surface area (Å²) in [5, 5.41) is 0. The maximum Gasteiger partial charge on any atom is 0.472 e. The third kappa shape index (κ3) is 40.7. The second kappa shape index (κ2) is 40.8. The smallest absolute Gasteiger partial charge is 0.462 e. The fourth-order valence-corrected chi connectivity index (χ4v) is 5.86. The quantitative estimate of drug-likeness (QED) is 0.0271. The number of carbonyl (C=O) groups is 2. The molecule has 0 saturated heterocycles. The molecule has 3 N–H and O–H groups in total. The van der Waals surface area contributed by atoms with Crippen LogP contribution in [0, 0.1) is 0 Å². The molecule has 0 aliphatic rings. The summed E-state index contributed by atoms with van der Waals surface area (Å²) in [6.45, 7) is 3.57. The molecule has 0 aliphatic heterocycles. The van der Waals surface area contributed by atoms with Gasteiger partial charge < -0.3 is 20.1 Å². The maximum absolute atomic E-state index is 12.6. The Morgan fingerprint density at radius 3 is 1.40 bits per heavy atom. The summed E-state index contributed by atoms with van der Waals surface area (Å²) in [5.41, 5.74) is 5.34. The SMILES string of the molecule is CCCCC/C=C\C/C=C\C/C=C\C/C=C\CCCCCC(=O)O[C@H](COC(=O)CCCC/C=C\C/C=C\C/C=C\CCCCC)COP(=O)(O)OCCN. The van der Waals surface area contributed by atoms with Crippen molar-refractivity contribution in [1.29, 1.82) is 0 Å². The van der Waals surface area contributed by atoms with E-state index in [1.165, 1.54) is 44.9 Å². The van der Waals surface area contributed by atoms with Gasteiger partial charge in [0.25, 0.3) is 0 Å². The van der Waals surface area contributed by atoms with E-state index in [4.69, 9.17) is 24.3 Å². The first-order valence-corrected chi connectivity index (χ1v) is 22.6.